The van der Waals surface area contributed by atoms with Crippen LogP contribution >= 0.6 is 0 Å². The average Bonchev–Trinajstić information content (AvgIpc) is 2.34. The molecule has 0 saturated heterocycles. The highest BCUT2D eigenvalue weighted by Gasteiger charge is 2.16. The van der Waals surface area contributed by atoms with Crippen molar-refractivity contribution in [1.29, 1.82) is 0 Å². The van der Waals surface area contributed by atoms with Crippen molar-refractivity contribution in [2.24, 2.45) is 0 Å². The van der Waals surface area contributed by atoms with Gasteiger partial charge in [0, 0.05) is 13.0 Å². The SMILES string of the molecule is CCc1ccccc1S(=O)(=O)NCCCC(=O)O. The van der Waals surface area contributed by atoms with E-state index in [-0.39, 0.29) is 24.3 Å². The number of aliphatic carboxylic acids is 1. The normalized spacial score (nSPS) is 11.4. The summed E-state index contributed by atoms with van der Waals surface area (Å²) in [4.78, 5) is 10.6. The molecule has 0 unspecified atom stereocenters. The van der Waals surface area contributed by atoms with Gasteiger partial charge in [0.2, 0.25) is 10.0 Å². The first-order valence-electron chi connectivity index (χ1n) is 5.76. The number of rotatable bonds is 7. The van der Waals surface area contributed by atoms with Crippen LogP contribution in [0.3, 0.4) is 0 Å². The third-order valence-corrected chi connectivity index (χ3v) is 4.06. The van der Waals surface area contributed by atoms with Crippen LogP contribution in [0.5, 0.6) is 0 Å². The van der Waals surface area contributed by atoms with Crippen molar-refractivity contribution in [3.63, 3.8) is 0 Å². The van der Waals surface area contributed by atoms with Gasteiger partial charge in [0.05, 0.1) is 4.90 Å². The molecular formula is C12H17NO4S. The minimum absolute atomic E-state index is 0.0437. The number of carboxylic acids is 1. The first kappa shape index (κ1) is 14.7. The molecule has 0 saturated carbocycles. The Morgan fingerprint density at radius 1 is 1.33 bits per heavy atom. The van der Waals surface area contributed by atoms with Gasteiger partial charge in [-0.15, -0.1) is 0 Å². The van der Waals surface area contributed by atoms with Gasteiger partial charge in [0.15, 0.2) is 0 Å². The molecule has 0 fully saturated rings. The second-order valence-electron chi connectivity index (χ2n) is 3.86. The number of hydrogen-bond donors (Lipinski definition) is 2. The summed E-state index contributed by atoms with van der Waals surface area (Å²) in [5.74, 6) is -0.928. The van der Waals surface area contributed by atoms with E-state index in [4.69, 9.17) is 5.11 Å². The highest BCUT2D eigenvalue weighted by Crippen LogP contribution is 2.15. The van der Waals surface area contributed by atoms with E-state index in [2.05, 4.69) is 4.72 Å². The van der Waals surface area contributed by atoms with Gasteiger partial charge in [-0.05, 0) is 24.5 Å². The Labute approximate surface area is 107 Å². The lowest BCUT2D eigenvalue weighted by Gasteiger charge is -2.09. The molecule has 0 amide bonds. The lowest BCUT2D eigenvalue weighted by molar-refractivity contribution is -0.137. The van der Waals surface area contributed by atoms with Crippen molar-refractivity contribution in [3.05, 3.63) is 29.8 Å². The molecule has 5 nitrogen and oxygen atoms in total. The standard InChI is InChI=1S/C12H17NO4S/c1-2-10-6-3-4-7-11(10)18(16,17)13-9-5-8-12(14)15/h3-4,6-7,13H,2,5,8-9H2,1H3,(H,14,15). The Morgan fingerprint density at radius 3 is 2.61 bits per heavy atom. The lowest BCUT2D eigenvalue weighted by atomic mass is 10.2. The van der Waals surface area contributed by atoms with Crippen LogP contribution in [-0.2, 0) is 21.2 Å². The number of benzene rings is 1. The highest BCUT2D eigenvalue weighted by atomic mass is 32.2. The molecule has 0 aromatic heterocycles. The van der Waals surface area contributed by atoms with Gasteiger partial charge < -0.3 is 5.11 Å². The summed E-state index contributed by atoms with van der Waals surface area (Å²) in [5.41, 5.74) is 0.753. The molecule has 0 aliphatic heterocycles. The topological polar surface area (TPSA) is 83.5 Å². The van der Waals surface area contributed by atoms with E-state index in [1.54, 1.807) is 24.3 Å². The molecular weight excluding hydrogens is 254 g/mol. The molecule has 0 heterocycles. The number of carboxylic acid groups (broad SMARTS) is 1. The predicted molar refractivity (Wildman–Crippen MR) is 67.9 cm³/mol. The fraction of sp³-hybridized carbons (Fsp3) is 0.417. The Morgan fingerprint density at radius 2 is 2.00 bits per heavy atom. The quantitative estimate of drug-likeness (QED) is 0.734. The maximum atomic E-state index is 12.0. The monoisotopic (exact) mass is 271 g/mol. The van der Waals surface area contributed by atoms with E-state index in [0.29, 0.717) is 6.42 Å². The number of hydrogen-bond acceptors (Lipinski definition) is 3. The van der Waals surface area contributed by atoms with E-state index >= 15 is 0 Å². The van der Waals surface area contributed by atoms with Crippen LogP contribution in [0.25, 0.3) is 0 Å². The predicted octanol–water partition coefficient (Wildman–Crippen LogP) is 1.39. The van der Waals surface area contributed by atoms with Gasteiger partial charge >= 0.3 is 5.97 Å². The Hall–Kier alpha value is -1.40. The molecule has 1 aromatic carbocycles. The van der Waals surface area contributed by atoms with E-state index in [0.717, 1.165) is 5.56 Å². The Bertz CT molecular complexity index is 511. The molecule has 0 atom stereocenters. The first-order valence-corrected chi connectivity index (χ1v) is 7.25. The number of sulfonamides is 1. The third kappa shape index (κ3) is 4.12. The Balaban J connectivity index is 2.71. The third-order valence-electron chi connectivity index (χ3n) is 2.50. The van der Waals surface area contributed by atoms with Crippen LogP contribution < -0.4 is 4.72 Å². The maximum Gasteiger partial charge on any atom is 0.303 e. The van der Waals surface area contributed by atoms with Crippen LogP contribution in [-0.4, -0.2) is 26.0 Å². The van der Waals surface area contributed by atoms with Crippen molar-refractivity contribution >= 4 is 16.0 Å². The molecule has 1 aromatic rings. The molecule has 0 aliphatic carbocycles. The van der Waals surface area contributed by atoms with Gasteiger partial charge in [-0.3, -0.25) is 4.79 Å². The summed E-state index contributed by atoms with van der Waals surface area (Å²) >= 11 is 0. The minimum Gasteiger partial charge on any atom is -0.481 e. The van der Waals surface area contributed by atoms with Crippen molar-refractivity contribution in [2.45, 2.75) is 31.1 Å². The maximum absolute atomic E-state index is 12.0. The second kappa shape index (κ2) is 6.51. The van der Waals surface area contributed by atoms with E-state index in [1.165, 1.54) is 0 Å². The summed E-state index contributed by atoms with van der Waals surface area (Å²) in [5, 5.41) is 8.46. The van der Waals surface area contributed by atoms with Gasteiger partial charge in [-0.2, -0.15) is 0 Å². The van der Waals surface area contributed by atoms with Gasteiger partial charge in [-0.1, -0.05) is 25.1 Å². The van der Waals surface area contributed by atoms with E-state index in [1.807, 2.05) is 6.92 Å². The summed E-state index contributed by atoms with van der Waals surface area (Å²) in [7, 11) is -3.54. The van der Waals surface area contributed by atoms with E-state index < -0.39 is 16.0 Å². The molecule has 0 radical (unpaired) electrons. The molecule has 0 spiro atoms. The first-order chi connectivity index (χ1) is 8.47. The Kier molecular flexibility index (Phi) is 5.30. The molecule has 18 heavy (non-hydrogen) atoms. The molecule has 100 valence electrons. The number of carbonyl (C=O) groups is 1. The summed E-state index contributed by atoms with van der Waals surface area (Å²) < 4.78 is 26.4. The van der Waals surface area contributed by atoms with Crippen molar-refractivity contribution in [2.75, 3.05) is 6.54 Å². The van der Waals surface area contributed by atoms with Crippen LogP contribution in [0.2, 0.25) is 0 Å². The fourth-order valence-corrected chi connectivity index (χ4v) is 2.97. The van der Waals surface area contributed by atoms with Crippen molar-refractivity contribution in [1.82, 2.24) is 4.72 Å². The zero-order valence-electron chi connectivity index (χ0n) is 10.2. The smallest absolute Gasteiger partial charge is 0.303 e. The molecule has 0 bridgehead atoms. The fourth-order valence-electron chi connectivity index (χ4n) is 1.58. The molecule has 2 N–H and O–H groups in total. The highest BCUT2D eigenvalue weighted by molar-refractivity contribution is 7.89. The zero-order chi connectivity index (χ0) is 13.6. The largest absolute Gasteiger partial charge is 0.481 e. The molecule has 6 heteroatoms. The van der Waals surface area contributed by atoms with Crippen LogP contribution in [0.4, 0.5) is 0 Å². The second-order valence-corrected chi connectivity index (χ2v) is 5.59. The van der Waals surface area contributed by atoms with Crippen LogP contribution in [0, 0.1) is 0 Å². The minimum atomic E-state index is -3.54. The van der Waals surface area contributed by atoms with Crippen molar-refractivity contribution in [3.8, 4) is 0 Å². The van der Waals surface area contributed by atoms with Crippen LogP contribution in [0.1, 0.15) is 25.3 Å². The zero-order valence-corrected chi connectivity index (χ0v) is 11.0. The number of aryl methyl sites for hydroxylation is 1. The van der Waals surface area contributed by atoms with Gasteiger partial charge in [-0.25, -0.2) is 13.1 Å². The average molecular weight is 271 g/mol. The summed E-state index contributed by atoms with van der Waals surface area (Å²) in [6.07, 6.45) is 0.868. The van der Waals surface area contributed by atoms with E-state index in [9.17, 15) is 13.2 Å². The summed E-state index contributed by atoms with van der Waals surface area (Å²) in [6.45, 7) is 2.02. The molecule has 1 rings (SSSR count). The van der Waals surface area contributed by atoms with Gasteiger partial charge in [0.25, 0.3) is 0 Å². The van der Waals surface area contributed by atoms with Gasteiger partial charge in [0.1, 0.15) is 0 Å². The summed E-state index contributed by atoms with van der Waals surface area (Å²) in [6, 6.07) is 6.79. The van der Waals surface area contributed by atoms with Crippen LogP contribution in [0.15, 0.2) is 29.2 Å². The van der Waals surface area contributed by atoms with Crippen molar-refractivity contribution < 1.29 is 18.3 Å². The lowest BCUT2D eigenvalue weighted by Crippen LogP contribution is -2.26. The number of nitrogens with one attached hydrogen (secondary N) is 1. The molecule has 0 aliphatic rings.